The summed E-state index contributed by atoms with van der Waals surface area (Å²) in [7, 11) is 0. The van der Waals surface area contributed by atoms with E-state index in [2.05, 4.69) is 19.9 Å². The second-order valence-corrected chi connectivity index (χ2v) is 8.55. The van der Waals surface area contributed by atoms with Gasteiger partial charge in [0.05, 0.1) is 18.1 Å². The van der Waals surface area contributed by atoms with Crippen LogP contribution in [-0.2, 0) is 4.79 Å². The molecule has 3 rings (SSSR count). The fraction of sp³-hybridized carbons (Fsp3) is 0.304. The first-order valence-corrected chi connectivity index (χ1v) is 10.9. The number of carbonyl (C=O) groups excluding carboxylic acids is 1. The molecule has 0 radical (unpaired) electrons. The Morgan fingerprint density at radius 3 is 2.38 bits per heavy atom. The molecule has 1 saturated heterocycles. The van der Waals surface area contributed by atoms with Crippen LogP contribution < -0.4 is 9.47 Å². The Morgan fingerprint density at radius 2 is 1.72 bits per heavy atom. The van der Waals surface area contributed by atoms with Crippen LogP contribution in [0.2, 0.25) is 0 Å². The molecule has 0 spiro atoms. The van der Waals surface area contributed by atoms with E-state index in [1.54, 1.807) is 4.90 Å². The van der Waals surface area contributed by atoms with Gasteiger partial charge in [-0.2, -0.15) is 0 Å². The van der Waals surface area contributed by atoms with Crippen LogP contribution in [0.5, 0.6) is 11.5 Å². The Morgan fingerprint density at radius 1 is 1.03 bits per heavy atom. The molecule has 1 aliphatic rings. The van der Waals surface area contributed by atoms with Crippen LogP contribution in [0.3, 0.4) is 0 Å². The second-order valence-electron chi connectivity index (χ2n) is 6.87. The van der Waals surface area contributed by atoms with Gasteiger partial charge in [-0.15, -0.1) is 0 Å². The van der Waals surface area contributed by atoms with Crippen molar-refractivity contribution in [1.82, 2.24) is 4.90 Å². The van der Waals surface area contributed by atoms with Gasteiger partial charge in [-0.05, 0) is 67.8 Å². The Hall–Kier alpha value is -2.31. The Balaban J connectivity index is 1.51. The molecule has 4 nitrogen and oxygen atoms in total. The van der Waals surface area contributed by atoms with Crippen LogP contribution in [0.25, 0.3) is 6.08 Å². The Labute approximate surface area is 181 Å². The van der Waals surface area contributed by atoms with E-state index in [1.165, 1.54) is 22.9 Å². The molecule has 0 aromatic heterocycles. The maximum atomic E-state index is 12.3. The molecule has 0 bridgehead atoms. The normalized spacial score (nSPS) is 15.3. The van der Waals surface area contributed by atoms with Crippen molar-refractivity contribution in [2.24, 2.45) is 0 Å². The molecule has 0 N–H and O–H groups in total. The summed E-state index contributed by atoms with van der Waals surface area (Å²) < 4.78 is 12.3. The van der Waals surface area contributed by atoms with Gasteiger partial charge in [-0.25, -0.2) is 0 Å². The highest BCUT2D eigenvalue weighted by molar-refractivity contribution is 8.26. The smallest absolute Gasteiger partial charge is 0.266 e. The molecular formula is C23H25NO3S2. The number of hydrogen-bond donors (Lipinski definition) is 0. The summed E-state index contributed by atoms with van der Waals surface area (Å²) in [5, 5.41) is 0. The van der Waals surface area contributed by atoms with Gasteiger partial charge in [-0.1, -0.05) is 42.2 Å². The predicted molar refractivity (Wildman–Crippen MR) is 124 cm³/mol. The van der Waals surface area contributed by atoms with Crippen LogP contribution in [-0.4, -0.2) is 34.9 Å². The van der Waals surface area contributed by atoms with E-state index in [1.807, 2.05) is 49.4 Å². The third-order valence-corrected chi connectivity index (χ3v) is 5.74. The minimum absolute atomic E-state index is 0.0302. The molecule has 2 aromatic carbocycles. The predicted octanol–water partition coefficient (Wildman–Crippen LogP) is 5.37. The van der Waals surface area contributed by atoms with Crippen LogP contribution in [0.1, 0.15) is 30.0 Å². The molecule has 0 aliphatic carbocycles. The van der Waals surface area contributed by atoms with Gasteiger partial charge in [0.1, 0.15) is 15.8 Å². The zero-order chi connectivity index (χ0) is 20.8. The molecule has 1 heterocycles. The molecule has 0 atom stereocenters. The van der Waals surface area contributed by atoms with Crippen molar-refractivity contribution in [3.63, 3.8) is 0 Å². The average Bonchev–Trinajstić information content (AvgIpc) is 2.93. The quantitative estimate of drug-likeness (QED) is 0.322. The van der Waals surface area contributed by atoms with E-state index in [-0.39, 0.29) is 5.91 Å². The van der Waals surface area contributed by atoms with Gasteiger partial charge in [0.2, 0.25) is 0 Å². The van der Waals surface area contributed by atoms with Crippen molar-refractivity contribution in [1.29, 1.82) is 0 Å². The zero-order valence-corrected chi connectivity index (χ0v) is 18.6. The molecule has 0 unspecified atom stereocenters. The van der Waals surface area contributed by atoms with Crippen LogP contribution in [0.15, 0.2) is 47.4 Å². The maximum absolute atomic E-state index is 12.3. The highest BCUT2D eigenvalue weighted by Crippen LogP contribution is 2.32. The summed E-state index contributed by atoms with van der Waals surface area (Å²) in [4.78, 5) is 14.6. The van der Waals surface area contributed by atoms with E-state index in [4.69, 9.17) is 21.7 Å². The number of thioether (sulfide) groups is 1. The largest absolute Gasteiger partial charge is 0.493 e. The fourth-order valence-corrected chi connectivity index (χ4v) is 4.46. The summed E-state index contributed by atoms with van der Waals surface area (Å²) in [6, 6.07) is 13.9. The van der Waals surface area contributed by atoms with Crippen LogP contribution >= 0.6 is 24.0 Å². The maximum Gasteiger partial charge on any atom is 0.266 e. The summed E-state index contributed by atoms with van der Waals surface area (Å²) in [5.74, 6) is 1.64. The molecule has 29 heavy (non-hydrogen) atoms. The monoisotopic (exact) mass is 427 g/mol. The lowest BCUT2D eigenvalue weighted by Gasteiger charge is -2.10. The first-order chi connectivity index (χ1) is 14.0. The number of rotatable bonds is 8. The van der Waals surface area contributed by atoms with Crippen molar-refractivity contribution in [3.8, 4) is 11.5 Å². The molecule has 1 amide bonds. The van der Waals surface area contributed by atoms with E-state index >= 15 is 0 Å². The van der Waals surface area contributed by atoms with Crippen molar-refractivity contribution in [2.75, 3.05) is 19.8 Å². The first-order valence-electron chi connectivity index (χ1n) is 9.65. The van der Waals surface area contributed by atoms with Gasteiger partial charge in [0.15, 0.2) is 0 Å². The summed E-state index contributed by atoms with van der Waals surface area (Å²) in [6.07, 6.45) is 2.65. The number of amides is 1. The SMILES string of the molecule is CCN1C(=O)/C(=C/c2cccc(OCCCOc3cc(C)cc(C)c3)c2)SC1=S. The molecule has 6 heteroatoms. The number of hydrogen-bond acceptors (Lipinski definition) is 5. The third-order valence-electron chi connectivity index (χ3n) is 4.37. The number of benzene rings is 2. The highest BCUT2D eigenvalue weighted by Gasteiger charge is 2.30. The molecule has 1 fully saturated rings. The topological polar surface area (TPSA) is 38.8 Å². The minimum Gasteiger partial charge on any atom is -0.493 e. The number of aryl methyl sites for hydroxylation is 2. The van der Waals surface area contributed by atoms with Gasteiger partial charge in [0, 0.05) is 13.0 Å². The molecule has 152 valence electrons. The lowest BCUT2D eigenvalue weighted by Crippen LogP contribution is -2.27. The van der Waals surface area contributed by atoms with Gasteiger partial charge >= 0.3 is 0 Å². The molecule has 0 saturated carbocycles. The number of likely N-dealkylation sites (N-methyl/N-ethyl adjacent to an activating group) is 1. The van der Waals surface area contributed by atoms with Crippen molar-refractivity contribution < 1.29 is 14.3 Å². The lowest BCUT2D eigenvalue weighted by atomic mass is 10.1. The van der Waals surface area contributed by atoms with E-state index in [0.29, 0.717) is 29.0 Å². The summed E-state index contributed by atoms with van der Waals surface area (Å²) >= 11 is 6.60. The van der Waals surface area contributed by atoms with E-state index in [9.17, 15) is 4.79 Å². The average molecular weight is 428 g/mol. The van der Waals surface area contributed by atoms with Crippen molar-refractivity contribution in [3.05, 3.63) is 64.1 Å². The van der Waals surface area contributed by atoms with E-state index < -0.39 is 0 Å². The first kappa shape index (κ1) is 21.4. The fourth-order valence-electron chi connectivity index (χ4n) is 3.07. The summed E-state index contributed by atoms with van der Waals surface area (Å²) in [5.41, 5.74) is 3.32. The Bertz CT molecular complexity index is 919. The number of carbonyl (C=O) groups is 1. The third kappa shape index (κ3) is 5.84. The number of nitrogens with zero attached hydrogens (tertiary/aromatic N) is 1. The van der Waals surface area contributed by atoms with Crippen molar-refractivity contribution >= 4 is 40.3 Å². The Kier molecular flexibility index (Phi) is 7.34. The molecular weight excluding hydrogens is 402 g/mol. The van der Waals surface area contributed by atoms with Crippen LogP contribution in [0, 0.1) is 13.8 Å². The number of ether oxygens (including phenoxy) is 2. The number of thiocarbonyl (C=S) groups is 1. The molecule has 2 aromatic rings. The van der Waals surface area contributed by atoms with Gasteiger partial charge in [0.25, 0.3) is 5.91 Å². The molecule has 1 aliphatic heterocycles. The standard InChI is InChI=1S/C23H25NO3S2/c1-4-24-22(25)21(29-23(24)28)15-18-7-5-8-19(14-18)26-9-6-10-27-20-12-16(2)11-17(3)13-20/h5,7-8,11-15H,4,6,9-10H2,1-3H3/b21-15-. The van der Waals surface area contributed by atoms with Gasteiger partial charge in [-0.3, -0.25) is 9.69 Å². The lowest BCUT2D eigenvalue weighted by molar-refractivity contribution is -0.121. The van der Waals surface area contributed by atoms with Gasteiger partial charge < -0.3 is 9.47 Å². The summed E-state index contributed by atoms with van der Waals surface area (Å²) in [6.45, 7) is 7.81. The van der Waals surface area contributed by atoms with Crippen LogP contribution in [0.4, 0.5) is 0 Å². The minimum atomic E-state index is -0.0302. The second kappa shape index (κ2) is 9.94. The van der Waals surface area contributed by atoms with E-state index in [0.717, 1.165) is 23.5 Å². The van der Waals surface area contributed by atoms with Crippen molar-refractivity contribution in [2.45, 2.75) is 27.2 Å². The highest BCUT2D eigenvalue weighted by atomic mass is 32.2. The zero-order valence-electron chi connectivity index (χ0n) is 16.9.